The zero-order valence-electron chi connectivity index (χ0n) is 20.2. The van der Waals surface area contributed by atoms with E-state index in [9.17, 15) is 0 Å². The molecule has 2 heteroatoms. The van der Waals surface area contributed by atoms with Crippen LogP contribution in [0.2, 0.25) is 0 Å². The highest BCUT2D eigenvalue weighted by Gasteiger charge is 2.15. The van der Waals surface area contributed by atoms with Crippen LogP contribution in [0.25, 0.3) is 5.57 Å². The molecule has 4 aromatic carbocycles. The summed E-state index contributed by atoms with van der Waals surface area (Å²) in [7, 11) is 4.21. The van der Waals surface area contributed by atoms with Crippen molar-refractivity contribution in [2.45, 2.75) is 0 Å². The number of hydrogen-bond donors (Lipinski definition) is 0. The zero-order chi connectivity index (χ0) is 24.0. The van der Waals surface area contributed by atoms with E-state index in [1.54, 1.807) is 0 Å². The molecule has 0 spiro atoms. The molecule has 0 aliphatic heterocycles. The molecule has 0 unspecified atom stereocenters. The van der Waals surface area contributed by atoms with Gasteiger partial charge in [0.25, 0.3) is 0 Å². The molecule has 0 saturated carbocycles. The molecular formula is C33H29N2+. The smallest absolute Gasteiger partial charge is 0.205 e. The fraction of sp³-hybridized carbons (Fsp3) is 0.0606. The van der Waals surface area contributed by atoms with Gasteiger partial charge in [-0.2, -0.15) is 4.58 Å². The first-order chi connectivity index (χ1) is 17.2. The molecule has 0 atom stereocenters. The summed E-state index contributed by atoms with van der Waals surface area (Å²) in [6, 6.07) is 40.4. The van der Waals surface area contributed by atoms with Crippen LogP contribution in [0.5, 0.6) is 0 Å². The van der Waals surface area contributed by atoms with Crippen molar-refractivity contribution in [3.05, 3.63) is 156 Å². The van der Waals surface area contributed by atoms with Crippen LogP contribution in [-0.4, -0.2) is 24.4 Å². The van der Waals surface area contributed by atoms with Crippen molar-refractivity contribution in [2.24, 2.45) is 0 Å². The van der Waals surface area contributed by atoms with E-state index in [0.29, 0.717) is 0 Å². The highest BCUT2D eigenvalue weighted by molar-refractivity contribution is 6.04. The first kappa shape index (κ1) is 22.4. The van der Waals surface area contributed by atoms with E-state index in [1.165, 1.54) is 33.6 Å². The lowest BCUT2D eigenvalue weighted by Crippen LogP contribution is -2.10. The Kier molecular flexibility index (Phi) is 6.54. The van der Waals surface area contributed by atoms with Crippen LogP contribution in [0.1, 0.15) is 11.1 Å². The summed E-state index contributed by atoms with van der Waals surface area (Å²) in [5, 5.41) is 0. The Bertz CT molecular complexity index is 1390. The summed E-state index contributed by atoms with van der Waals surface area (Å²) in [4.78, 5) is 2.21. The SMILES string of the molecule is CN(c1ccccc1)c1ccc(C(=C2C=CC(=[N+](C)c3ccccc3)C=C2)c2ccccc2)cc1. The summed E-state index contributed by atoms with van der Waals surface area (Å²) in [6.07, 6.45) is 8.84. The largest absolute Gasteiger partial charge is 0.345 e. The third kappa shape index (κ3) is 4.92. The third-order valence-corrected chi connectivity index (χ3v) is 6.44. The first-order valence-electron chi connectivity index (χ1n) is 11.9. The maximum Gasteiger partial charge on any atom is 0.205 e. The summed E-state index contributed by atoms with van der Waals surface area (Å²) < 4.78 is 2.21. The van der Waals surface area contributed by atoms with Crippen LogP contribution >= 0.6 is 0 Å². The Balaban J connectivity index is 1.52. The average molecular weight is 454 g/mol. The zero-order valence-corrected chi connectivity index (χ0v) is 20.2. The van der Waals surface area contributed by atoms with E-state index in [1.807, 2.05) is 12.1 Å². The molecule has 0 amide bonds. The molecule has 0 radical (unpaired) electrons. The second-order valence-electron chi connectivity index (χ2n) is 8.62. The molecule has 1 aliphatic carbocycles. The first-order valence-corrected chi connectivity index (χ1v) is 11.9. The van der Waals surface area contributed by atoms with Crippen molar-refractivity contribution in [1.29, 1.82) is 0 Å². The van der Waals surface area contributed by atoms with Gasteiger partial charge in [-0.1, -0.05) is 78.9 Å². The summed E-state index contributed by atoms with van der Waals surface area (Å²) >= 11 is 0. The second-order valence-corrected chi connectivity index (χ2v) is 8.62. The van der Waals surface area contributed by atoms with E-state index >= 15 is 0 Å². The third-order valence-electron chi connectivity index (χ3n) is 6.44. The number of hydrogen-bond acceptors (Lipinski definition) is 1. The molecule has 0 bridgehead atoms. The van der Waals surface area contributed by atoms with Crippen LogP contribution in [0.15, 0.2) is 145 Å². The van der Waals surface area contributed by atoms with Gasteiger partial charge in [-0.25, -0.2) is 0 Å². The standard InChI is InChI=1S/C33H29N2/c1-34(29-14-8-4-9-15-29)31-22-18-27(19-23-31)33(26-12-6-3-7-13-26)28-20-24-32(25-21-28)35(2)30-16-10-5-11-17-30/h3-25H,1-2H3/q+1. The number of rotatable bonds is 5. The molecular weight excluding hydrogens is 424 g/mol. The number of nitrogens with zero attached hydrogens (tertiary/aromatic N) is 2. The monoisotopic (exact) mass is 453 g/mol. The lowest BCUT2D eigenvalue weighted by molar-refractivity contribution is -0.403. The van der Waals surface area contributed by atoms with Gasteiger partial charge in [0.05, 0.1) is 0 Å². The van der Waals surface area contributed by atoms with Crippen LogP contribution in [0, 0.1) is 0 Å². The van der Waals surface area contributed by atoms with E-state index in [2.05, 4.69) is 151 Å². The molecule has 170 valence electrons. The minimum absolute atomic E-state index is 1.16. The Morgan fingerprint density at radius 2 is 1.03 bits per heavy atom. The molecule has 0 N–H and O–H groups in total. The highest BCUT2D eigenvalue weighted by atomic mass is 15.1. The second kappa shape index (κ2) is 10.2. The van der Waals surface area contributed by atoms with Gasteiger partial charge in [-0.15, -0.1) is 0 Å². The lowest BCUT2D eigenvalue weighted by Gasteiger charge is -2.20. The normalized spacial score (nSPS) is 12.5. The van der Waals surface area contributed by atoms with Gasteiger partial charge in [0.15, 0.2) is 0 Å². The topological polar surface area (TPSA) is 6.25 Å². The molecule has 0 heterocycles. The van der Waals surface area contributed by atoms with Gasteiger partial charge < -0.3 is 4.90 Å². The van der Waals surface area contributed by atoms with Crippen molar-refractivity contribution in [3.63, 3.8) is 0 Å². The quantitative estimate of drug-likeness (QED) is 0.279. The predicted molar refractivity (Wildman–Crippen MR) is 149 cm³/mol. The molecule has 35 heavy (non-hydrogen) atoms. The maximum absolute atomic E-state index is 2.22. The van der Waals surface area contributed by atoms with Gasteiger partial charge >= 0.3 is 0 Å². The van der Waals surface area contributed by atoms with Gasteiger partial charge in [-0.3, -0.25) is 0 Å². The summed E-state index contributed by atoms with van der Waals surface area (Å²) in [5.41, 5.74) is 9.50. The van der Waals surface area contributed by atoms with Crippen molar-refractivity contribution in [3.8, 4) is 0 Å². The van der Waals surface area contributed by atoms with Gasteiger partial charge in [0, 0.05) is 42.7 Å². The van der Waals surface area contributed by atoms with E-state index in [0.717, 1.165) is 11.4 Å². The van der Waals surface area contributed by atoms with E-state index in [-0.39, 0.29) is 0 Å². The molecule has 0 aromatic heterocycles. The van der Waals surface area contributed by atoms with Crippen LogP contribution in [0.4, 0.5) is 17.1 Å². The number of para-hydroxylation sites is 2. The lowest BCUT2D eigenvalue weighted by atomic mass is 9.90. The maximum atomic E-state index is 2.22. The number of allylic oxidation sites excluding steroid dienone is 5. The average Bonchev–Trinajstić information content (AvgIpc) is 2.95. The molecule has 1 aliphatic rings. The number of anilines is 2. The fourth-order valence-electron chi connectivity index (χ4n) is 4.41. The van der Waals surface area contributed by atoms with Crippen molar-refractivity contribution in [2.75, 3.05) is 19.0 Å². The molecule has 5 rings (SSSR count). The summed E-state index contributed by atoms with van der Waals surface area (Å²) in [6.45, 7) is 0. The molecule has 2 nitrogen and oxygen atoms in total. The van der Waals surface area contributed by atoms with E-state index in [4.69, 9.17) is 0 Å². The minimum atomic E-state index is 1.16. The molecule has 0 saturated heterocycles. The predicted octanol–water partition coefficient (Wildman–Crippen LogP) is 7.80. The van der Waals surface area contributed by atoms with Gasteiger partial charge in [-0.05, 0) is 58.7 Å². The minimum Gasteiger partial charge on any atom is -0.345 e. The van der Waals surface area contributed by atoms with Gasteiger partial charge in [0.2, 0.25) is 11.4 Å². The Labute approximate surface area is 208 Å². The Morgan fingerprint density at radius 3 is 1.63 bits per heavy atom. The number of benzene rings is 4. The van der Waals surface area contributed by atoms with E-state index < -0.39 is 0 Å². The van der Waals surface area contributed by atoms with Crippen molar-refractivity contribution >= 4 is 28.3 Å². The van der Waals surface area contributed by atoms with Gasteiger partial charge in [0.1, 0.15) is 7.05 Å². The molecule has 0 fully saturated rings. The fourth-order valence-corrected chi connectivity index (χ4v) is 4.41. The highest BCUT2D eigenvalue weighted by Crippen LogP contribution is 2.32. The van der Waals surface area contributed by atoms with Crippen molar-refractivity contribution < 1.29 is 4.58 Å². The van der Waals surface area contributed by atoms with Crippen molar-refractivity contribution in [1.82, 2.24) is 0 Å². The Hall–Kier alpha value is -4.43. The van der Waals surface area contributed by atoms with Crippen LogP contribution < -0.4 is 4.90 Å². The van der Waals surface area contributed by atoms with Crippen LogP contribution in [0.3, 0.4) is 0 Å². The van der Waals surface area contributed by atoms with Crippen LogP contribution in [-0.2, 0) is 0 Å². The Morgan fingerprint density at radius 1 is 0.543 bits per heavy atom. The molecule has 4 aromatic rings. The summed E-state index contributed by atoms with van der Waals surface area (Å²) in [5.74, 6) is 0.